The van der Waals surface area contributed by atoms with E-state index in [1.807, 2.05) is 6.92 Å². The van der Waals surface area contributed by atoms with Gasteiger partial charge in [0.1, 0.15) is 5.41 Å². The van der Waals surface area contributed by atoms with Crippen LogP contribution < -0.4 is 11.1 Å². The molecule has 2 aliphatic heterocycles. The lowest BCUT2D eigenvalue weighted by atomic mass is 9.78. The van der Waals surface area contributed by atoms with Gasteiger partial charge in [-0.1, -0.05) is 12.2 Å². The van der Waals surface area contributed by atoms with E-state index in [0.717, 1.165) is 6.42 Å². The Kier molecular flexibility index (Phi) is 3.89. The Hall–Kier alpha value is -0.720. The molecule has 6 heteroatoms. The molecule has 0 aromatic rings. The van der Waals surface area contributed by atoms with Gasteiger partial charge in [0.25, 0.3) is 0 Å². The molecule has 102 valence electrons. The van der Waals surface area contributed by atoms with Crippen molar-refractivity contribution in [2.75, 3.05) is 26.4 Å². The van der Waals surface area contributed by atoms with Gasteiger partial charge in [0, 0.05) is 19.8 Å². The quantitative estimate of drug-likeness (QED) is 0.726. The summed E-state index contributed by atoms with van der Waals surface area (Å²) >= 11 is 5.11. The molecule has 0 saturated carbocycles. The zero-order valence-electron chi connectivity index (χ0n) is 10.7. The van der Waals surface area contributed by atoms with Crippen molar-refractivity contribution in [2.45, 2.75) is 31.7 Å². The van der Waals surface area contributed by atoms with E-state index in [4.69, 9.17) is 27.4 Å². The smallest absolute Gasteiger partial charge is 0.233 e. The number of hydrogen-bond donors (Lipinski definition) is 2. The normalized spacial score (nSPS) is 30.9. The second-order valence-electron chi connectivity index (χ2n) is 5.38. The maximum Gasteiger partial charge on any atom is 0.233 e. The van der Waals surface area contributed by atoms with Gasteiger partial charge in [-0.2, -0.15) is 0 Å². The van der Waals surface area contributed by atoms with Gasteiger partial charge in [0.15, 0.2) is 0 Å². The lowest BCUT2D eigenvalue weighted by Gasteiger charge is -2.37. The highest BCUT2D eigenvalue weighted by Gasteiger charge is 2.45. The molecule has 0 radical (unpaired) electrons. The molecule has 1 amide bonds. The number of carbonyl (C=O) groups excluding carboxylic acids is 1. The van der Waals surface area contributed by atoms with E-state index in [9.17, 15) is 4.79 Å². The van der Waals surface area contributed by atoms with E-state index in [-0.39, 0.29) is 16.4 Å². The first-order valence-electron chi connectivity index (χ1n) is 6.27. The molecular formula is C12H20N2O3S. The third-order valence-corrected chi connectivity index (χ3v) is 4.28. The molecule has 2 heterocycles. The van der Waals surface area contributed by atoms with Crippen molar-refractivity contribution in [3.63, 3.8) is 0 Å². The summed E-state index contributed by atoms with van der Waals surface area (Å²) in [4.78, 5) is 12.8. The van der Waals surface area contributed by atoms with Crippen molar-refractivity contribution in [1.82, 2.24) is 5.32 Å². The molecule has 0 aromatic carbocycles. The number of hydrogen-bond acceptors (Lipinski definition) is 4. The van der Waals surface area contributed by atoms with Gasteiger partial charge in [0.05, 0.1) is 17.1 Å². The molecule has 1 unspecified atom stereocenters. The van der Waals surface area contributed by atoms with Gasteiger partial charge in [-0.3, -0.25) is 4.79 Å². The summed E-state index contributed by atoms with van der Waals surface area (Å²) in [5.74, 6) is -0.0775. The van der Waals surface area contributed by atoms with E-state index in [2.05, 4.69) is 5.32 Å². The lowest BCUT2D eigenvalue weighted by Crippen LogP contribution is -2.57. The first-order valence-corrected chi connectivity index (χ1v) is 6.67. The number of amides is 1. The Labute approximate surface area is 112 Å². The van der Waals surface area contributed by atoms with E-state index >= 15 is 0 Å². The fraction of sp³-hybridized carbons (Fsp3) is 0.833. The van der Waals surface area contributed by atoms with Crippen molar-refractivity contribution < 1.29 is 14.3 Å². The second-order valence-corrected chi connectivity index (χ2v) is 5.82. The van der Waals surface area contributed by atoms with Crippen LogP contribution in [0, 0.1) is 5.41 Å². The Morgan fingerprint density at radius 3 is 2.33 bits per heavy atom. The zero-order chi connectivity index (χ0) is 13.2. The predicted molar refractivity (Wildman–Crippen MR) is 71.3 cm³/mol. The fourth-order valence-electron chi connectivity index (χ4n) is 2.46. The van der Waals surface area contributed by atoms with Gasteiger partial charge >= 0.3 is 0 Å². The van der Waals surface area contributed by atoms with E-state index in [0.29, 0.717) is 39.3 Å². The van der Waals surface area contributed by atoms with Crippen LogP contribution in [0.4, 0.5) is 0 Å². The highest BCUT2D eigenvalue weighted by atomic mass is 32.1. The van der Waals surface area contributed by atoms with Gasteiger partial charge in [0.2, 0.25) is 5.91 Å². The van der Waals surface area contributed by atoms with Gasteiger partial charge < -0.3 is 20.5 Å². The van der Waals surface area contributed by atoms with Crippen LogP contribution in [0.3, 0.4) is 0 Å². The summed E-state index contributed by atoms with van der Waals surface area (Å²) in [7, 11) is 0. The molecule has 2 saturated heterocycles. The van der Waals surface area contributed by atoms with Crippen molar-refractivity contribution in [1.29, 1.82) is 0 Å². The minimum absolute atomic E-state index is 0.0775. The Morgan fingerprint density at radius 2 is 1.83 bits per heavy atom. The lowest BCUT2D eigenvalue weighted by molar-refractivity contribution is -0.133. The van der Waals surface area contributed by atoms with E-state index < -0.39 is 5.41 Å². The average molecular weight is 272 g/mol. The molecule has 18 heavy (non-hydrogen) atoms. The van der Waals surface area contributed by atoms with Crippen LogP contribution in [0.5, 0.6) is 0 Å². The summed E-state index contributed by atoms with van der Waals surface area (Å²) in [5, 5.41) is 3.06. The molecule has 2 aliphatic rings. The van der Waals surface area contributed by atoms with E-state index in [1.165, 1.54) is 0 Å². The first-order chi connectivity index (χ1) is 8.49. The third kappa shape index (κ3) is 2.50. The van der Waals surface area contributed by atoms with Crippen molar-refractivity contribution in [2.24, 2.45) is 11.1 Å². The molecule has 2 rings (SSSR count). The van der Waals surface area contributed by atoms with Crippen molar-refractivity contribution in [3.05, 3.63) is 0 Å². The Bertz CT molecular complexity index is 347. The van der Waals surface area contributed by atoms with Crippen molar-refractivity contribution >= 4 is 23.1 Å². The minimum Gasteiger partial charge on any atom is -0.392 e. The first kappa shape index (κ1) is 13.7. The monoisotopic (exact) mass is 272 g/mol. The van der Waals surface area contributed by atoms with Crippen LogP contribution in [-0.4, -0.2) is 42.9 Å². The Balaban J connectivity index is 2.11. The zero-order valence-corrected chi connectivity index (χ0v) is 11.5. The number of carbonyl (C=O) groups is 1. The molecule has 5 nitrogen and oxygen atoms in total. The van der Waals surface area contributed by atoms with Crippen LogP contribution in [0.25, 0.3) is 0 Å². The standard InChI is InChI=1S/C12H20N2O3S/c1-11(2-5-17-8-11)14-10(15)12(9(13)18)3-6-16-7-4-12/h2-8H2,1H3,(H2,13,18)(H,14,15). The SMILES string of the molecule is CC1(NC(=O)C2(C(N)=S)CCOCC2)CCOC1. The summed E-state index contributed by atoms with van der Waals surface area (Å²) in [5.41, 5.74) is 4.76. The topological polar surface area (TPSA) is 73.6 Å². The molecule has 0 aromatic heterocycles. The molecule has 1 atom stereocenters. The molecule has 2 fully saturated rings. The molecule has 3 N–H and O–H groups in total. The van der Waals surface area contributed by atoms with Crippen LogP contribution in [0.15, 0.2) is 0 Å². The average Bonchev–Trinajstić information content (AvgIpc) is 2.76. The maximum atomic E-state index is 12.5. The maximum absolute atomic E-state index is 12.5. The number of nitrogens with two attached hydrogens (primary N) is 1. The van der Waals surface area contributed by atoms with Crippen LogP contribution >= 0.6 is 12.2 Å². The van der Waals surface area contributed by atoms with Crippen LogP contribution in [-0.2, 0) is 14.3 Å². The molecule has 0 aliphatic carbocycles. The van der Waals surface area contributed by atoms with Gasteiger partial charge in [-0.25, -0.2) is 0 Å². The summed E-state index contributed by atoms with van der Waals surface area (Å²) in [6.07, 6.45) is 1.94. The molecular weight excluding hydrogens is 252 g/mol. The summed E-state index contributed by atoms with van der Waals surface area (Å²) in [6, 6.07) is 0. The van der Waals surface area contributed by atoms with Crippen LogP contribution in [0.2, 0.25) is 0 Å². The second kappa shape index (κ2) is 5.11. The highest BCUT2D eigenvalue weighted by Crippen LogP contribution is 2.32. The Morgan fingerprint density at radius 1 is 1.22 bits per heavy atom. The summed E-state index contributed by atoms with van der Waals surface area (Å²) in [6.45, 7) is 4.27. The fourth-order valence-corrected chi connectivity index (χ4v) is 2.76. The largest absolute Gasteiger partial charge is 0.392 e. The minimum atomic E-state index is -0.751. The van der Waals surface area contributed by atoms with Gasteiger partial charge in [-0.05, 0) is 26.2 Å². The van der Waals surface area contributed by atoms with E-state index in [1.54, 1.807) is 0 Å². The van der Waals surface area contributed by atoms with Gasteiger partial charge in [-0.15, -0.1) is 0 Å². The number of rotatable bonds is 3. The number of thiocarbonyl (C=S) groups is 1. The number of nitrogens with one attached hydrogen (secondary N) is 1. The summed E-state index contributed by atoms with van der Waals surface area (Å²) < 4.78 is 10.6. The third-order valence-electron chi connectivity index (χ3n) is 3.89. The van der Waals surface area contributed by atoms with Crippen molar-refractivity contribution in [3.8, 4) is 0 Å². The molecule has 0 bridgehead atoms. The predicted octanol–water partition coefficient (Wildman–Crippen LogP) is 0.365. The molecule has 0 spiro atoms. The van der Waals surface area contributed by atoms with Crippen LogP contribution in [0.1, 0.15) is 26.2 Å². The highest BCUT2D eigenvalue weighted by molar-refractivity contribution is 7.80. The number of ether oxygens (including phenoxy) is 2.